The third-order valence-electron chi connectivity index (χ3n) is 4.15. The van der Waals surface area contributed by atoms with Crippen molar-refractivity contribution in [1.29, 1.82) is 0 Å². The van der Waals surface area contributed by atoms with E-state index in [1.54, 1.807) is 12.3 Å². The summed E-state index contributed by atoms with van der Waals surface area (Å²) in [6.07, 6.45) is 6.86. The van der Waals surface area contributed by atoms with E-state index in [1.807, 2.05) is 18.2 Å². The summed E-state index contributed by atoms with van der Waals surface area (Å²) in [5, 5.41) is 12.6. The number of allylic oxidation sites excluding steroid dienone is 1. The smallest absolute Gasteiger partial charge is 0.308 e. The normalized spacial score (nSPS) is 19.6. The highest BCUT2D eigenvalue weighted by Gasteiger charge is 2.27. The van der Waals surface area contributed by atoms with Crippen molar-refractivity contribution >= 4 is 5.97 Å². The highest BCUT2D eigenvalue weighted by atomic mass is 19.1. The van der Waals surface area contributed by atoms with Crippen LogP contribution in [0.15, 0.2) is 54.7 Å². The van der Waals surface area contributed by atoms with E-state index in [1.165, 1.54) is 24.3 Å². The highest BCUT2D eigenvalue weighted by molar-refractivity contribution is 5.71. The predicted molar refractivity (Wildman–Crippen MR) is 90.8 cm³/mol. The lowest BCUT2D eigenvalue weighted by Gasteiger charge is -2.26. The largest absolute Gasteiger partial charge is 0.481 e. The zero-order chi connectivity index (χ0) is 17.6. The molecule has 1 aliphatic rings. The summed E-state index contributed by atoms with van der Waals surface area (Å²) in [5.74, 6) is -0.571. The van der Waals surface area contributed by atoms with Crippen LogP contribution in [0, 0.1) is 11.7 Å². The number of hydrogen-bond acceptors (Lipinski definition) is 4. The van der Waals surface area contributed by atoms with Gasteiger partial charge in [0.1, 0.15) is 11.6 Å². The van der Waals surface area contributed by atoms with E-state index in [0.717, 1.165) is 5.56 Å². The Balaban J connectivity index is 1.56. The molecule has 6 heteroatoms. The van der Waals surface area contributed by atoms with Crippen molar-refractivity contribution in [3.05, 3.63) is 66.1 Å². The second-order valence-electron chi connectivity index (χ2n) is 5.94. The SMILES string of the molecule is O=C(O)[C@@H]1CC=CC[C@@H]1NCc1ccc(Oc2ccc(F)cc2)nc1. The molecule has 0 fully saturated rings. The molecule has 3 rings (SSSR count). The van der Waals surface area contributed by atoms with E-state index in [-0.39, 0.29) is 11.9 Å². The number of benzene rings is 1. The summed E-state index contributed by atoms with van der Waals surface area (Å²) in [6, 6.07) is 9.24. The fourth-order valence-corrected chi connectivity index (χ4v) is 2.76. The van der Waals surface area contributed by atoms with E-state index in [0.29, 0.717) is 31.0 Å². The molecule has 130 valence electrons. The Morgan fingerprint density at radius 2 is 1.96 bits per heavy atom. The van der Waals surface area contributed by atoms with Crippen molar-refractivity contribution in [3.63, 3.8) is 0 Å². The van der Waals surface area contributed by atoms with Gasteiger partial charge in [-0.15, -0.1) is 0 Å². The lowest BCUT2D eigenvalue weighted by atomic mass is 9.89. The number of nitrogens with one attached hydrogen (secondary N) is 1. The Morgan fingerprint density at radius 3 is 2.64 bits per heavy atom. The molecule has 0 aliphatic heterocycles. The molecule has 1 aliphatic carbocycles. The van der Waals surface area contributed by atoms with Gasteiger partial charge < -0.3 is 15.2 Å². The van der Waals surface area contributed by atoms with Crippen molar-refractivity contribution in [2.24, 2.45) is 5.92 Å². The summed E-state index contributed by atoms with van der Waals surface area (Å²) in [5.41, 5.74) is 0.935. The van der Waals surface area contributed by atoms with Gasteiger partial charge in [0.15, 0.2) is 0 Å². The van der Waals surface area contributed by atoms with Crippen LogP contribution < -0.4 is 10.1 Å². The van der Waals surface area contributed by atoms with Crippen LogP contribution >= 0.6 is 0 Å². The first-order valence-corrected chi connectivity index (χ1v) is 8.11. The zero-order valence-electron chi connectivity index (χ0n) is 13.6. The Bertz CT molecular complexity index is 744. The van der Waals surface area contributed by atoms with Crippen LogP contribution in [-0.2, 0) is 11.3 Å². The second kappa shape index (κ2) is 7.90. The number of nitrogens with zero attached hydrogens (tertiary/aromatic N) is 1. The quantitative estimate of drug-likeness (QED) is 0.786. The van der Waals surface area contributed by atoms with Crippen molar-refractivity contribution in [1.82, 2.24) is 10.3 Å². The van der Waals surface area contributed by atoms with Gasteiger partial charge in [-0.05, 0) is 42.7 Å². The summed E-state index contributed by atoms with van der Waals surface area (Å²) in [6.45, 7) is 0.534. The second-order valence-corrected chi connectivity index (χ2v) is 5.94. The molecule has 0 saturated carbocycles. The van der Waals surface area contributed by atoms with Crippen LogP contribution in [0.4, 0.5) is 4.39 Å². The number of halogens is 1. The van der Waals surface area contributed by atoms with Crippen molar-refractivity contribution < 1.29 is 19.0 Å². The molecular weight excluding hydrogens is 323 g/mol. The molecule has 0 bridgehead atoms. The molecule has 2 N–H and O–H groups in total. The number of hydrogen-bond donors (Lipinski definition) is 2. The maximum absolute atomic E-state index is 12.9. The number of ether oxygens (including phenoxy) is 1. The number of carboxylic acids is 1. The first-order valence-electron chi connectivity index (χ1n) is 8.11. The van der Waals surface area contributed by atoms with E-state index in [9.17, 15) is 14.3 Å². The van der Waals surface area contributed by atoms with E-state index in [2.05, 4.69) is 10.3 Å². The van der Waals surface area contributed by atoms with Gasteiger partial charge in [0, 0.05) is 24.8 Å². The van der Waals surface area contributed by atoms with E-state index >= 15 is 0 Å². The standard InChI is InChI=1S/C19H19FN2O3/c20-14-6-8-15(9-7-14)25-18-10-5-13(12-22-18)11-21-17-4-2-1-3-16(17)19(23)24/h1-2,5-10,12,16-17,21H,3-4,11H2,(H,23,24)/t16-,17+/m1/s1. The van der Waals surface area contributed by atoms with E-state index in [4.69, 9.17) is 4.74 Å². The van der Waals surface area contributed by atoms with Gasteiger partial charge in [0.25, 0.3) is 0 Å². The molecule has 0 spiro atoms. The molecule has 1 aromatic carbocycles. The molecule has 2 atom stereocenters. The molecular formula is C19H19FN2O3. The van der Waals surface area contributed by atoms with Crippen LogP contribution in [0.5, 0.6) is 11.6 Å². The number of rotatable bonds is 6. The van der Waals surface area contributed by atoms with Crippen molar-refractivity contribution in [2.75, 3.05) is 0 Å². The Kier molecular flexibility index (Phi) is 5.40. The van der Waals surface area contributed by atoms with Crippen molar-refractivity contribution in [2.45, 2.75) is 25.4 Å². The van der Waals surface area contributed by atoms with Gasteiger partial charge in [0.2, 0.25) is 5.88 Å². The minimum atomic E-state index is -0.775. The van der Waals surface area contributed by atoms with Crippen LogP contribution in [0.25, 0.3) is 0 Å². The number of aromatic nitrogens is 1. The molecule has 0 radical (unpaired) electrons. The zero-order valence-corrected chi connectivity index (χ0v) is 13.6. The molecule has 5 nitrogen and oxygen atoms in total. The third kappa shape index (κ3) is 4.64. The van der Waals surface area contributed by atoms with Crippen LogP contribution in [0.1, 0.15) is 18.4 Å². The number of carbonyl (C=O) groups is 1. The molecule has 2 aromatic rings. The minimum absolute atomic E-state index is 0.0855. The summed E-state index contributed by atoms with van der Waals surface area (Å²) < 4.78 is 18.4. The summed E-state index contributed by atoms with van der Waals surface area (Å²) in [4.78, 5) is 15.5. The number of pyridine rings is 1. The molecule has 1 heterocycles. The summed E-state index contributed by atoms with van der Waals surface area (Å²) in [7, 11) is 0. The first kappa shape index (κ1) is 17.1. The third-order valence-corrected chi connectivity index (χ3v) is 4.15. The average molecular weight is 342 g/mol. The fourth-order valence-electron chi connectivity index (χ4n) is 2.76. The lowest BCUT2D eigenvalue weighted by Crippen LogP contribution is -2.40. The molecule has 1 aromatic heterocycles. The van der Waals surface area contributed by atoms with Gasteiger partial charge in [-0.1, -0.05) is 18.2 Å². The Morgan fingerprint density at radius 1 is 1.20 bits per heavy atom. The predicted octanol–water partition coefficient (Wildman–Crippen LogP) is 3.52. The summed E-state index contributed by atoms with van der Waals surface area (Å²) >= 11 is 0. The average Bonchev–Trinajstić information content (AvgIpc) is 2.63. The van der Waals surface area contributed by atoms with Gasteiger partial charge in [-0.2, -0.15) is 0 Å². The van der Waals surface area contributed by atoms with E-state index < -0.39 is 11.9 Å². The number of carboxylic acid groups (broad SMARTS) is 1. The van der Waals surface area contributed by atoms with Gasteiger partial charge in [-0.25, -0.2) is 9.37 Å². The Hall–Kier alpha value is -2.73. The maximum atomic E-state index is 12.9. The van der Waals surface area contributed by atoms with Gasteiger partial charge in [0.05, 0.1) is 5.92 Å². The van der Waals surface area contributed by atoms with Crippen LogP contribution in [-0.4, -0.2) is 22.1 Å². The number of aliphatic carboxylic acids is 1. The Labute approximate surface area is 145 Å². The highest BCUT2D eigenvalue weighted by Crippen LogP contribution is 2.21. The maximum Gasteiger partial charge on any atom is 0.308 e. The molecule has 0 amide bonds. The lowest BCUT2D eigenvalue weighted by molar-refractivity contribution is -0.142. The van der Waals surface area contributed by atoms with Crippen LogP contribution in [0.3, 0.4) is 0 Å². The van der Waals surface area contributed by atoms with Gasteiger partial charge >= 0.3 is 5.97 Å². The molecule has 25 heavy (non-hydrogen) atoms. The van der Waals surface area contributed by atoms with Crippen molar-refractivity contribution in [3.8, 4) is 11.6 Å². The van der Waals surface area contributed by atoms with Crippen LogP contribution in [0.2, 0.25) is 0 Å². The first-order chi connectivity index (χ1) is 12.1. The minimum Gasteiger partial charge on any atom is -0.481 e. The molecule has 0 saturated heterocycles. The van der Waals surface area contributed by atoms with Gasteiger partial charge in [-0.3, -0.25) is 4.79 Å². The fraction of sp³-hybridized carbons (Fsp3) is 0.263. The monoisotopic (exact) mass is 342 g/mol. The topological polar surface area (TPSA) is 71.5 Å². The molecule has 0 unspecified atom stereocenters.